The van der Waals surface area contributed by atoms with Crippen LogP contribution < -0.4 is 4.74 Å². The molecule has 3 aliphatic carbocycles. The molecule has 9 unspecified atom stereocenters. The molecule has 0 bridgehead atoms. The van der Waals surface area contributed by atoms with Crippen molar-refractivity contribution in [3.05, 3.63) is 29.3 Å². The fourth-order valence-corrected chi connectivity index (χ4v) is 11.5. The molecule has 1 aromatic rings. The molecule has 0 N–H and O–H groups in total. The molecule has 3 aliphatic rings. The van der Waals surface area contributed by atoms with Crippen LogP contribution in [0.3, 0.4) is 0 Å². The van der Waals surface area contributed by atoms with Gasteiger partial charge in [0.25, 0.3) is 0 Å². The van der Waals surface area contributed by atoms with E-state index >= 15 is 0 Å². The van der Waals surface area contributed by atoms with Crippen molar-refractivity contribution in [2.45, 2.75) is 204 Å². The van der Waals surface area contributed by atoms with Crippen LogP contribution in [-0.4, -0.2) is 18.0 Å². The van der Waals surface area contributed by atoms with Gasteiger partial charge in [-0.1, -0.05) is 127 Å². The van der Waals surface area contributed by atoms with Crippen molar-refractivity contribution in [3.63, 3.8) is 0 Å². The van der Waals surface area contributed by atoms with E-state index in [2.05, 4.69) is 81.4 Å². The van der Waals surface area contributed by atoms with Crippen LogP contribution in [0.4, 0.5) is 0 Å². The summed E-state index contributed by atoms with van der Waals surface area (Å²) in [7, 11) is 0. The van der Waals surface area contributed by atoms with Gasteiger partial charge in [0.2, 0.25) is 0 Å². The van der Waals surface area contributed by atoms with Gasteiger partial charge >= 0.3 is 11.9 Å². The van der Waals surface area contributed by atoms with Crippen molar-refractivity contribution < 1.29 is 19.1 Å². The maximum absolute atomic E-state index is 14.4. The van der Waals surface area contributed by atoms with Gasteiger partial charge in [-0.15, -0.1) is 0 Å². The van der Waals surface area contributed by atoms with Crippen LogP contribution in [0.25, 0.3) is 0 Å². The van der Waals surface area contributed by atoms with E-state index in [-0.39, 0.29) is 34.8 Å². The fourth-order valence-electron chi connectivity index (χ4n) is 11.5. The third-order valence-electron chi connectivity index (χ3n) is 13.6. The van der Waals surface area contributed by atoms with E-state index in [1.54, 1.807) is 0 Å². The molecule has 296 valence electrons. The summed E-state index contributed by atoms with van der Waals surface area (Å²) in [6, 6.07) is 6.46. The van der Waals surface area contributed by atoms with E-state index < -0.39 is 0 Å². The molecule has 2 saturated carbocycles. The summed E-state index contributed by atoms with van der Waals surface area (Å²) in [5, 5.41) is 0. The van der Waals surface area contributed by atoms with Crippen molar-refractivity contribution in [2.75, 3.05) is 0 Å². The Hall–Kier alpha value is -1.84. The molecule has 0 amide bonds. The van der Waals surface area contributed by atoms with Crippen molar-refractivity contribution in [3.8, 4) is 5.75 Å². The highest BCUT2D eigenvalue weighted by Gasteiger charge is 2.58. The summed E-state index contributed by atoms with van der Waals surface area (Å²) in [6.07, 6.45) is 21.7. The highest BCUT2D eigenvalue weighted by atomic mass is 16.5. The summed E-state index contributed by atoms with van der Waals surface area (Å²) < 4.78 is 12.4. The summed E-state index contributed by atoms with van der Waals surface area (Å²) in [5.74, 6) is 3.72. The van der Waals surface area contributed by atoms with E-state index in [1.807, 2.05) is 6.07 Å². The average Bonchev–Trinajstić information content (AvgIpc) is 3.35. The molecule has 4 nitrogen and oxygen atoms in total. The Bertz CT molecular complexity index is 1280. The molecule has 0 spiro atoms. The van der Waals surface area contributed by atoms with Crippen molar-refractivity contribution in [1.82, 2.24) is 0 Å². The Morgan fingerprint density at radius 1 is 0.865 bits per heavy atom. The molecule has 4 heteroatoms. The topological polar surface area (TPSA) is 52.6 Å². The van der Waals surface area contributed by atoms with Gasteiger partial charge in [-0.25, -0.2) is 0 Å². The maximum atomic E-state index is 14.4. The van der Waals surface area contributed by atoms with Crippen LogP contribution >= 0.6 is 0 Å². The number of carbonyl (C=O) groups is 2. The number of rotatable bonds is 18. The van der Waals surface area contributed by atoms with E-state index in [9.17, 15) is 9.59 Å². The van der Waals surface area contributed by atoms with E-state index in [0.717, 1.165) is 51.4 Å². The largest absolute Gasteiger partial charge is 0.462 e. The highest BCUT2D eigenvalue weighted by molar-refractivity contribution is 5.73. The summed E-state index contributed by atoms with van der Waals surface area (Å²) in [6.45, 7) is 24.8. The van der Waals surface area contributed by atoms with Crippen molar-refractivity contribution >= 4 is 11.9 Å². The second kappa shape index (κ2) is 18.7. The fraction of sp³-hybridized carbons (Fsp3) is 0.833. The molecule has 2 fully saturated rings. The summed E-state index contributed by atoms with van der Waals surface area (Å²) in [5.41, 5.74) is 3.38. The van der Waals surface area contributed by atoms with Crippen LogP contribution in [0.1, 0.15) is 202 Å². The monoisotopic (exact) mass is 721 g/mol. The smallest absolute Gasteiger partial charge is 0.309 e. The number of benzene rings is 1. The predicted molar refractivity (Wildman–Crippen MR) is 218 cm³/mol. The van der Waals surface area contributed by atoms with Gasteiger partial charge in [-0.2, -0.15) is 0 Å². The number of hydrogen-bond donors (Lipinski definition) is 0. The van der Waals surface area contributed by atoms with Gasteiger partial charge in [0.05, 0.1) is 5.92 Å². The second-order valence-corrected chi connectivity index (χ2v) is 20.8. The molecule has 0 aliphatic heterocycles. The third kappa shape index (κ3) is 11.8. The quantitative estimate of drug-likeness (QED) is 0.0861. The lowest BCUT2D eigenvalue weighted by Crippen LogP contribution is -2.48. The van der Waals surface area contributed by atoms with Gasteiger partial charge in [0.1, 0.15) is 11.9 Å². The van der Waals surface area contributed by atoms with Crippen molar-refractivity contribution in [2.24, 2.45) is 51.8 Å². The molecule has 0 saturated heterocycles. The summed E-state index contributed by atoms with van der Waals surface area (Å²) >= 11 is 0. The first-order chi connectivity index (χ1) is 24.4. The van der Waals surface area contributed by atoms with Crippen LogP contribution in [0.15, 0.2) is 18.2 Å². The number of unbranched alkanes of at least 4 members (excludes halogenated alkanes) is 7. The first-order valence-corrected chi connectivity index (χ1v) is 21.9. The number of esters is 2. The Balaban J connectivity index is 1.51. The molecular formula is C48H80O4. The zero-order valence-electron chi connectivity index (χ0n) is 35.7. The molecular weight excluding hydrogens is 641 g/mol. The SMILES string of the molecule is CCCCCCCCCCC1Cc2cc(OC(C)=O)ccc2C2CCC3(C)C(OC(=O)C(CCC(C)CC(C)(C)C)C(C)CC(C)(C)C)CCC3C12. The lowest BCUT2D eigenvalue weighted by molar-refractivity contribution is -0.165. The lowest BCUT2D eigenvalue weighted by atomic mass is 9.52. The molecule has 52 heavy (non-hydrogen) atoms. The Morgan fingerprint density at radius 2 is 1.52 bits per heavy atom. The first-order valence-electron chi connectivity index (χ1n) is 21.9. The zero-order valence-corrected chi connectivity index (χ0v) is 35.7. The van der Waals surface area contributed by atoms with E-state index in [4.69, 9.17) is 9.47 Å². The summed E-state index contributed by atoms with van der Waals surface area (Å²) in [4.78, 5) is 26.2. The minimum Gasteiger partial charge on any atom is -0.462 e. The van der Waals surface area contributed by atoms with Gasteiger partial charge in [-0.05, 0) is 134 Å². The average molecular weight is 721 g/mol. The van der Waals surface area contributed by atoms with Gasteiger partial charge < -0.3 is 9.47 Å². The Labute approximate surface area is 320 Å². The number of hydrogen-bond acceptors (Lipinski definition) is 4. The highest BCUT2D eigenvalue weighted by Crippen LogP contribution is 2.63. The maximum Gasteiger partial charge on any atom is 0.309 e. The molecule has 0 heterocycles. The Morgan fingerprint density at radius 3 is 2.15 bits per heavy atom. The van der Waals surface area contributed by atoms with Crippen LogP contribution in [0.5, 0.6) is 5.75 Å². The zero-order chi connectivity index (χ0) is 38.3. The molecule has 9 atom stereocenters. The minimum atomic E-state index is -0.251. The first kappa shape index (κ1) is 42.9. The predicted octanol–water partition coefficient (Wildman–Crippen LogP) is 13.7. The number of ether oxygens (including phenoxy) is 2. The lowest BCUT2D eigenvalue weighted by Gasteiger charge is -2.53. The second-order valence-electron chi connectivity index (χ2n) is 20.8. The van der Waals surface area contributed by atoms with Crippen LogP contribution in [0.2, 0.25) is 0 Å². The Kier molecular flexibility index (Phi) is 15.4. The van der Waals surface area contributed by atoms with Crippen LogP contribution in [-0.2, 0) is 20.7 Å². The third-order valence-corrected chi connectivity index (χ3v) is 13.6. The molecule has 4 rings (SSSR count). The normalized spacial score (nSPS) is 27.6. The molecule has 1 aromatic carbocycles. The van der Waals surface area contributed by atoms with Crippen molar-refractivity contribution in [1.29, 1.82) is 0 Å². The molecule has 0 radical (unpaired) electrons. The van der Waals surface area contributed by atoms with Crippen LogP contribution in [0, 0.1) is 51.8 Å². The number of carbonyl (C=O) groups excluding carboxylic acids is 2. The van der Waals surface area contributed by atoms with Gasteiger partial charge in [0, 0.05) is 12.3 Å². The minimum absolute atomic E-state index is 0.0128. The standard InChI is InChI=1S/C48H80O4/c1-12-13-14-15-16-17-18-19-20-36-29-37-30-38(51-35(4)49)22-24-40(37)41-27-28-48(11)42(44(36)41)25-26-43(48)52-45(50)39(34(3)32-47(8,9)10)23-21-33(2)31-46(5,6)7/h22,24,30,33-34,36,39,41-44H,12-21,23,25-29,31-32H2,1-11H3. The molecule has 0 aromatic heterocycles. The van der Waals surface area contributed by atoms with E-state index in [0.29, 0.717) is 46.7 Å². The van der Waals surface area contributed by atoms with Gasteiger partial charge in [-0.3, -0.25) is 9.59 Å². The number of fused-ring (bicyclic) bond motifs is 5. The van der Waals surface area contributed by atoms with Gasteiger partial charge in [0.15, 0.2) is 0 Å². The van der Waals surface area contributed by atoms with E-state index in [1.165, 1.54) is 82.3 Å².